The molecule has 0 aromatic heterocycles. The Balaban J connectivity index is 1.69. The van der Waals surface area contributed by atoms with E-state index >= 15 is 0 Å². The summed E-state index contributed by atoms with van der Waals surface area (Å²) in [4.78, 5) is 25.7. The van der Waals surface area contributed by atoms with Crippen molar-refractivity contribution in [3.8, 4) is 0 Å². The van der Waals surface area contributed by atoms with Crippen LogP contribution in [0.2, 0.25) is 0 Å². The van der Waals surface area contributed by atoms with E-state index in [0.717, 1.165) is 32.1 Å². The molecule has 0 saturated heterocycles. The summed E-state index contributed by atoms with van der Waals surface area (Å²) in [7, 11) is 0. The highest BCUT2D eigenvalue weighted by atomic mass is 16.3. The Labute approximate surface area is 216 Å². The van der Waals surface area contributed by atoms with Crippen molar-refractivity contribution < 1.29 is 30.0 Å². The van der Waals surface area contributed by atoms with Gasteiger partial charge in [-0.25, -0.2) is 0 Å². The van der Waals surface area contributed by atoms with Gasteiger partial charge in [0, 0.05) is 12.8 Å². The minimum absolute atomic E-state index is 0.0322. The van der Waals surface area contributed by atoms with Gasteiger partial charge in [-0.3, -0.25) is 9.59 Å². The van der Waals surface area contributed by atoms with Gasteiger partial charge in [-0.15, -0.1) is 0 Å². The van der Waals surface area contributed by atoms with Crippen molar-refractivity contribution in [2.45, 2.75) is 118 Å². The van der Waals surface area contributed by atoms with Gasteiger partial charge in [-0.2, -0.15) is 0 Å². The van der Waals surface area contributed by atoms with Gasteiger partial charge in [0.15, 0.2) is 5.78 Å². The second kappa shape index (κ2) is 8.72. The highest BCUT2D eigenvalue weighted by Gasteiger charge is 2.69. The van der Waals surface area contributed by atoms with Crippen LogP contribution in [-0.4, -0.2) is 56.4 Å². The van der Waals surface area contributed by atoms with E-state index in [-0.39, 0.29) is 58.6 Å². The van der Waals surface area contributed by atoms with Crippen molar-refractivity contribution in [1.29, 1.82) is 0 Å². The third kappa shape index (κ3) is 3.72. The van der Waals surface area contributed by atoms with Gasteiger partial charge in [0.25, 0.3) is 0 Å². The van der Waals surface area contributed by atoms with Crippen molar-refractivity contribution in [2.75, 3.05) is 6.61 Å². The Kier molecular flexibility index (Phi) is 6.77. The zero-order chi connectivity index (χ0) is 27.1. The molecule has 0 aromatic rings. The van der Waals surface area contributed by atoms with Crippen molar-refractivity contribution >= 4 is 11.6 Å². The van der Waals surface area contributed by atoms with Crippen molar-refractivity contribution in [3.05, 3.63) is 11.1 Å². The fourth-order valence-corrected chi connectivity index (χ4v) is 9.62. The van der Waals surface area contributed by atoms with Crippen LogP contribution in [0.4, 0.5) is 0 Å². The molecule has 9 atom stereocenters. The number of Topliss-reactive ketones (excluding diaryl/α,β-unsaturated/α-hetero) is 2. The molecule has 36 heavy (non-hydrogen) atoms. The van der Waals surface area contributed by atoms with Gasteiger partial charge in [0.1, 0.15) is 11.9 Å². The van der Waals surface area contributed by atoms with Crippen molar-refractivity contribution in [2.24, 2.45) is 39.4 Å². The number of hydrogen-bond acceptors (Lipinski definition) is 6. The van der Waals surface area contributed by atoms with E-state index in [2.05, 4.69) is 20.8 Å². The average molecular weight is 505 g/mol. The number of carbonyl (C=O) groups excluding carboxylic acids is 2. The van der Waals surface area contributed by atoms with Crippen LogP contribution in [0.25, 0.3) is 0 Å². The predicted octanol–water partition coefficient (Wildman–Crippen LogP) is 3.98. The fraction of sp³-hybridized carbons (Fsp3) is 0.867. The predicted molar refractivity (Wildman–Crippen MR) is 138 cm³/mol. The average Bonchev–Trinajstić information content (AvgIpc) is 3.13. The molecule has 0 radical (unpaired) electrons. The molecule has 204 valence electrons. The Morgan fingerprint density at radius 3 is 2.33 bits per heavy atom. The normalized spacial score (nSPS) is 44.5. The summed E-state index contributed by atoms with van der Waals surface area (Å²) in [6, 6.07) is 0. The highest BCUT2D eigenvalue weighted by Crippen LogP contribution is 2.74. The Morgan fingerprint density at radius 2 is 1.75 bits per heavy atom. The molecule has 0 amide bonds. The van der Waals surface area contributed by atoms with Crippen LogP contribution in [0.3, 0.4) is 0 Å². The molecule has 0 heterocycles. The number of rotatable bonds is 6. The standard InChI is InChI=1S/C30H48O6/c1-17(14-21(33)25(35)26(2,3)36)18-8-12-29(6)19(18)15-20(32)24-27(4)11-10-23(34)28(5,16-31)22(27)9-13-30(24,29)7/h17,20,22,24-25,31-32,35-36H,8-16H2,1-7H3/t17-,20+,22-,24+,25+,27+,28-,29+,30+/m1/s1. The van der Waals surface area contributed by atoms with Gasteiger partial charge >= 0.3 is 0 Å². The molecule has 4 aliphatic rings. The molecule has 0 unspecified atom stereocenters. The number of allylic oxidation sites excluding steroid dienone is 1. The molecule has 3 fully saturated rings. The van der Waals surface area contributed by atoms with E-state index in [1.165, 1.54) is 25.0 Å². The lowest BCUT2D eigenvalue weighted by Crippen LogP contribution is -2.66. The summed E-state index contributed by atoms with van der Waals surface area (Å²) in [5.41, 5.74) is -0.192. The molecule has 6 heteroatoms. The number of carbonyl (C=O) groups is 2. The largest absolute Gasteiger partial charge is 0.395 e. The number of fused-ring (bicyclic) bond motifs is 5. The molecule has 0 aromatic carbocycles. The number of aliphatic hydroxyl groups excluding tert-OH is 3. The van der Waals surface area contributed by atoms with E-state index in [9.17, 15) is 30.0 Å². The van der Waals surface area contributed by atoms with Crippen LogP contribution < -0.4 is 0 Å². The molecule has 6 nitrogen and oxygen atoms in total. The second-order valence-corrected chi connectivity index (χ2v) is 14.2. The van der Waals surface area contributed by atoms with E-state index < -0.39 is 23.2 Å². The Morgan fingerprint density at radius 1 is 1.11 bits per heavy atom. The van der Waals surface area contributed by atoms with E-state index in [1.54, 1.807) is 0 Å². The highest BCUT2D eigenvalue weighted by molar-refractivity contribution is 5.86. The molecule has 4 N–H and O–H groups in total. The van der Waals surface area contributed by atoms with Gasteiger partial charge in [-0.1, -0.05) is 45.8 Å². The lowest BCUT2D eigenvalue weighted by molar-refractivity contribution is -0.214. The van der Waals surface area contributed by atoms with Crippen LogP contribution in [0.1, 0.15) is 99.8 Å². The third-order valence-corrected chi connectivity index (χ3v) is 11.9. The smallest absolute Gasteiger partial charge is 0.164 e. The van der Waals surface area contributed by atoms with Crippen LogP contribution in [0.15, 0.2) is 11.1 Å². The van der Waals surface area contributed by atoms with Gasteiger partial charge in [0.2, 0.25) is 0 Å². The number of ketones is 2. The molecular formula is C30H48O6. The molecule has 4 rings (SSSR count). The number of aliphatic hydroxyl groups is 4. The minimum Gasteiger partial charge on any atom is -0.395 e. The summed E-state index contributed by atoms with van der Waals surface area (Å²) in [5.74, 6) is -0.164. The summed E-state index contributed by atoms with van der Waals surface area (Å²) in [6.07, 6.45) is 3.61. The quantitative estimate of drug-likeness (QED) is 0.407. The summed E-state index contributed by atoms with van der Waals surface area (Å²) < 4.78 is 0. The SMILES string of the molecule is C[C@H](CC(=O)[C@H](O)C(C)(C)O)C1=C2C[C@H](O)[C@H]3[C@@]4(C)CCC(=O)[C@](C)(CO)[C@@H]4CC[C@]3(C)[C@@]2(C)CC1. The van der Waals surface area contributed by atoms with Gasteiger partial charge < -0.3 is 20.4 Å². The van der Waals surface area contributed by atoms with E-state index in [4.69, 9.17) is 0 Å². The zero-order valence-electron chi connectivity index (χ0n) is 23.4. The second-order valence-electron chi connectivity index (χ2n) is 14.2. The first kappa shape index (κ1) is 27.9. The number of hydrogen-bond donors (Lipinski definition) is 4. The maximum Gasteiger partial charge on any atom is 0.164 e. The molecule has 0 aliphatic heterocycles. The first-order valence-electron chi connectivity index (χ1n) is 13.9. The summed E-state index contributed by atoms with van der Waals surface area (Å²) >= 11 is 0. The summed E-state index contributed by atoms with van der Waals surface area (Å²) in [6.45, 7) is 13.7. The molecular weight excluding hydrogens is 456 g/mol. The lowest BCUT2D eigenvalue weighted by atomic mass is 9.35. The molecule has 0 bridgehead atoms. The topological polar surface area (TPSA) is 115 Å². The van der Waals surface area contributed by atoms with E-state index in [1.807, 2.05) is 13.8 Å². The van der Waals surface area contributed by atoms with E-state index in [0.29, 0.717) is 12.8 Å². The van der Waals surface area contributed by atoms with Crippen LogP contribution in [-0.2, 0) is 9.59 Å². The first-order valence-corrected chi connectivity index (χ1v) is 13.9. The maximum atomic E-state index is 12.9. The third-order valence-electron chi connectivity index (χ3n) is 11.9. The van der Waals surface area contributed by atoms with Gasteiger partial charge in [0.05, 0.1) is 23.7 Å². The van der Waals surface area contributed by atoms with Crippen LogP contribution in [0.5, 0.6) is 0 Å². The molecule has 4 aliphatic carbocycles. The fourth-order valence-electron chi connectivity index (χ4n) is 9.62. The van der Waals surface area contributed by atoms with Crippen molar-refractivity contribution in [1.82, 2.24) is 0 Å². The maximum absolute atomic E-state index is 12.9. The van der Waals surface area contributed by atoms with Gasteiger partial charge in [-0.05, 0) is 86.4 Å². The lowest BCUT2D eigenvalue weighted by Gasteiger charge is -2.69. The summed E-state index contributed by atoms with van der Waals surface area (Å²) in [5, 5.41) is 42.5. The van der Waals surface area contributed by atoms with Crippen LogP contribution >= 0.6 is 0 Å². The Hall–Kier alpha value is -1.08. The van der Waals surface area contributed by atoms with Crippen LogP contribution in [0, 0.1) is 39.4 Å². The minimum atomic E-state index is -1.47. The molecule has 3 saturated carbocycles. The zero-order valence-corrected chi connectivity index (χ0v) is 23.4. The Bertz CT molecular complexity index is 963. The molecule has 0 spiro atoms. The monoisotopic (exact) mass is 504 g/mol. The first-order chi connectivity index (χ1) is 16.5. The van der Waals surface area contributed by atoms with Crippen molar-refractivity contribution in [3.63, 3.8) is 0 Å².